The van der Waals surface area contributed by atoms with Crippen molar-refractivity contribution in [1.82, 2.24) is 4.90 Å². The summed E-state index contributed by atoms with van der Waals surface area (Å²) in [6.07, 6.45) is 5.09. The number of likely N-dealkylation sites (tertiary alicyclic amines) is 1. The van der Waals surface area contributed by atoms with Crippen molar-refractivity contribution in [2.45, 2.75) is 32.1 Å². The van der Waals surface area contributed by atoms with E-state index in [1.807, 2.05) is 4.90 Å². The molecule has 1 saturated heterocycles. The number of unbranched alkanes of at least 4 members (excludes halogenated alkanes) is 1. The van der Waals surface area contributed by atoms with Crippen molar-refractivity contribution in [2.75, 3.05) is 19.6 Å². The molecule has 0 atom stereocenters. The second-order valence-corrected chi connectivity index (χ2v) is 3.33. The van der Waals surface area contributed by atoms with E-state index in [4.69, 9.17) is 5.73 Å². The zero-order chi connectivity index (χ0) is 8.81. The number of amides is 1. The van der Waals surface area contributed by atoms with Gasteiger partial charge in [-0.15, -0.1) is 0 Å². The zero-order valence-electron chi connectivity index (χ0n) is 7.59. The van der Waals surface area contributed by atoms with Crippen molar-refractivity contribution < 1.29 is 4.79 Å². The summed E-state index contributed by atoms with van der Waals surface area (Å²) >= 11 is 0. The van der Waals surface area contributed by atoms with Crippen molar-refractivity contribution in [3.63, 3.8) is 0 Å². The summed E-state index contributed by atoms with van der Waals surface area (Å²) in [4.78, 5) is 13.3. The van der Waals surface area contributed by atoms with Crippen LogP contribution in [0.25, 0.3) is 0 Å². The summed E-state index contributed by atoms with van der Waals surface area (Å²) in [6, 6.07) is 0. The lowest BCUT2D eigenvalue weighted by Crippen LogP contribution is -2.36. The Hall–Kier alpha value is -0.570. The van der Waals surface area contributed by atoms with Crippen molar-refractivity contribution in [1.29, 1.82) is 0 Å². The maximum Gasteiger partial charge on any atom is 0.222 e. The van der Waals surface area contributed by atoms with Crippen LogP contribution in [0.4, 0.5) is 0 Å². The summed E-state index contributed by atoms with van der Waals surface area (Å²) in [6.45, 7) is 2.61. The molecule has 0 aromatic carbocycles. The Labute approximate surface area is 73.9 Å². The minimum Gasteiger partial charge on any atom is -0.343 e. The molecule has 1 aliphatic rings. The molecular formula is C9H18N2O. The van der Waals surface area contributed by atoms with Gasteiger partial charge in [0.15, 0.2) is 0 Å². The number of carbonyl (C=O) groups is 1. The predicted molar refractivity (Wildman–Crippen MR) is 48.7 cm³/mol. The lowest BCUT2D eigenvalue weighted by atomic mass is 10.1. The first-order valence-corrected chi connectivity index (χ1v) is 4.82. The molecule has 1 aliphatic heterocycles. The fourth-order valence-corrected chi connectivity index (χ4v) is 1.55. The fourth-order valence-electron chi connectivity index (χ4n) is 1.55. The van der Waals surface area contributed by atoms with Gasteiger partial charge in [-0.3, -0.25) is 4.79 Å². The second kappa shape index (κ2) is 5.14. The quantitative estimate of drug-likeness (QED) is 0.632. The van der Waals surface area contributed by atoms with Crippen molar-refractivity contribution in [2.24, 2.45) is 5.73 Å². The first kappa shape index (κ1) is 9.52. The van der Waals surface area contributed by atoms with Gasteiger partial charge < -0.3 is 10.6 Å². The lowest BCUT2D eigenvalue weighted by molar-refractivity contribution is -0.133. The van der Waals surface area contributed by atoms with Crippen LogP contribution in [0.3, 0.4) is 0 Å². The second-order valence-electron chi connectivity index (χ2n) is 3.33. The summed E-state index contributed by atoms with van der Waals surface area (Å²) < 4.78 is 0. The Balaban J connectivity index is 2.16. The number of hydrogen-bond donors (Lipinski definition) is 1. The third kappa shape index (κ3) is 2.81. The minimum absolute atomic E-state index is 0.332. The molecule has 0 aromatic heterocycles. The van der Waals surface area contributed by atoms with Crippen molar-refractivity contribution in [3.05, 3.63) is 0 Å². The molecule has 1 fully saturated rings. The van der Waals surface area contributed by atoms with E-state index in [-0.39, 0.29) is 0 Å². The average molecular weight is 170 g/mol. The lowest BCUT2D eigenvalue weighted by Gasteiger charge is -2.26. The highest BCUT2D eigenvalue weighted by atomic mass is 16.2. The van der Waals surface area contributed by atoms with E-state index in [0.29, 0.717) is 5.91 Å². The van der Waals surface area contributed by atoms with Gasteiger partial charge in [-0.05, 0) is 32.2 Å². The first-order valence-electron chi connectivity index (χ1n) is 4.82. The summed E-state index contributed by atoms with van der Waals surface area (Å²) in [5.41, 5.74) is 5.38. The van der Waals surface area contributed by atoms with E-state index < -0.39 is 0 Å². The number of rotatable bonds is 4. The highest BCUT2D eigenvalue weighted by Gasteiger charge is 2.16. The van der Waals surface area contributed by atoms with E-state index in [0.717, 1.165) is 45.3 Å². The normalized spacial score (nSPS) is 18.4. The summed E-state index contributed by atoms with van der Waals surface area (Å²) in [5.74, 6) is 0.332. The van der Waals surface area contributed by atoms with Gasteiger partial charge in [0.2, 0.25) is 5.91 Å². The molecule has 0 aromatic rings. The standard InChI is InChI=1S/C9H18N2O/c10-6-2-4-8-11-7-3-1-5-9(11)12/h1-8,10H2. The van der Waals surface area contributed by atoms with Crippen LogP contribution in [-0.2, 0) is 4.79 Å². The monoisotopic (exact) mass is 170 g/mol. The molecular weight excluding hydrogens is 152 g/mol. The maximum atomic E-state index is 11.3. The van der Waals surface area contributed by atoms with E-state index >= 15 is 0 Å². The zero-order valence-corrected chi connectivity index (χ0v) is 7.59. The van der Waals surface area contributed by atoms with Gasteiger partial charge >= 0.3 is 0 Å². The SMILES string of the molecule is NCCCCN1CCCCC1=O. The number of piperidine rings is 1. The number of hydrogen-bond acceptors (Lipinski definition) is 2. The fraction of sp³-hybridized carbons (Fsp3) is 0.889. The third-order valence-electron chi connectivity index (χ3n) is 2.30. The number of nitrogens with two attached hydrogens (primary N) is 1. The molecule has 3 heteroatoms. The van der Waals surface area contributed by atoms with Crippen LogP contribution >= 0.6 is 0 Å². The molecule has 1 amide bonds. The van der Waals surface area contributed by atoms with Crippen LogP contribution in [0.5, 0.6) is 0 Å². The van der Waals surface area contributed by atoms with Crippen molar-refractivity contribution in [3.8, 4) is 0 Å². The van der Waals surface area contributed by atoms with Crippen LogP contribution in [0, 0.1) is 0 Å². The Bertz CT molecular complexity index is 147. The molecule has 3 nitrogen and oxygen atoms in total. The van der Waals surface area contributed by atoms with Crippen LogP contribution in [0.15, 0.2) is 0 Å². The van der Waals surface area contributed by atoms with E-state index in [9.17, 15) is 4.79 Å². The Kier molecular flexibility index (Phi) is 4.08. The van der Waals surface area contributed by atoms with Crippen LogP contribution in [-0.4, -0.2) is 30.4 Å². The largest absolute Gasteiger partial charge is 0.343 e. The molecule has 12 heavy (non-hydrogen) atoms. The molecule has 0 spiro atoms. The number of nitrogens with zero attached hydrogens (tertiary/aromatic N) is 1. The van der Waals surface area contributed by atoms with Crippen LogP contribution in [0.1, 0.15) is 32.1 Å². The average Bonchev–Trinajstić information content (AvgIpc) is 2.09. The van der Waals surface area contributed by atoms with Gasteiger partial charge in [0, 0.05) is 19.5 Å². The molecule has 2 N–H and O–H groups in total. The van der Waals surface area contributed by atoms with Gasteiger partial charge in [-0.25, -0.2) is 0 Å². The van der Waals surface area contributed by atoms with Gasteiger partial charge in [0.05, 0.1) is 0 Å². The van der Waals surface area contributed by atoms with E-state index in [1.54, 1.807) is 0 Å². The smallest absolute Gasteiger partial charge is 0.222 e. The Morgan fingerprint density at radius 1 is 1.33 bits per heavy atom. The molecule has 0 aliphatic carbocycles. The van der Waals surface area contributed by atoms with Gasteiger partial charge in [-0.1, -0.05) is 0 Å². The Morgan fingerprint density at radius 2 is 2.17 bits per heavy atom. The molecule has 1 heterocycles. The van der Waals surface area contributed by atoms with E-state index in [2.05, 4.69) is 0 Å². The van der Waals surface area contributed by atoms with Gasteiger partial charge in [0.1, 0.15) is 0 Å². The minimum atomic E-state index is 0.332. The van der Waals surface area contributed by atoms with Gasteiger partial charge in [-0.2, -0.15) is 0 Å². The van der Waals surface area contributed by atoms with E-state index in [1.165, 1.54) is 6.42 Å². The molecule has 0 bridgehead atoms. The topological polar surface area (TPSA) is 46.3 Å². The molecule has 1 rings (SSSR count). The predicted octanol–water partition coefficient (Wildman–Crippen LogP) is 0.738. The number of carbonyl (C=O) groups excluding carboxylic acids is 1. The molecule has 0 saturated carbocycles. The van der Waals surface area contributed by atoms with Gasteiger partial charge in [0.25, 0.3) is 0 Å². The highest BCUT2D eigenvalue weighted by Crippen LogP contribution is 2.10. The first-order chi connectivity index (χ1) is 5.84. The third-order valence-corrected chi connectivity index (χ3v) is 2.30. The van der Waals surface area contributed by atoms with Crippen LogP contribution < -0.4 is 5.73 Å². The van der Waals surface area contributed by atoms with Crippen LogP contribution in [0.2, 0.25) is 0 Å². The molecule has 70 valence electrons. The Morgan fingerprint density at radius 3 is 2.83 bits per heavy atom. The molecule has 0 radical (unpaired) electrons. The summed E-state index contributed by atoms with van der Waals surface area (Å²) in [5, 5.41) is 0. The highest BCUT2D eigenvalue weighted by molar-refractivity contribution is 5.76. The maximum absolute atomic E-state index is 11.3. The molecule has 0 unspecified atom stereocenters. The van der Waals surface area contributed by atoms with Crippen molar-refractivity contribution >= 4 is 5.91 Å². The summed E-state index contributed by atoms with van der Waals surface area (Å²) in [7, 11) is 0.